The molecule has 0 aromatic heterocycles. The molecule has 0 saturated heterocycles. The molecule has 0 amide bonds. The Bertz CT molecular complexity index is 357. The zero-order valence-corrected chi connectivity index (χ0v) is 12.2. The monoisotopic (exact) mass is 288 g/mol. The minimum atomic E-state index is 0.420. The summed E-state index contributed by atoms with van der Waals surface area (Å²) in [5, 5.41) is 0. The molecule has 1 aromatic rings. The summed E-state index contributed by atoms with van der Waals surface area (Å²) in [5.74, 6) is 1.95. The number of halogens is 1. The van der Waals surface area contributed by atoms with Gasteiger partial charge in [-0.05, 0) is 6.07 Å². The smallest absolute Gasteiger partial charge is 0.127 e. The molecule has 0 aliphatic carbocycles. The Balaban J connectivity index is 2.31. The number of rotatable bonds is 10. The molecule has 1 aromatic carbocycles. The van der Waals surface area contributed by atoms with Gasteiger partial charge in [-0.15, -0.1) is 11.6 Å². The molecule has 1 rings (SSSR count). The molecule has 19 heavy (non-hydrogen) atoms. The first kappa shape index (κ1) is 16.1. The highest BCUT2D eigenvalue weighted by Gasteiger charge is 2.04. The van der Waals surface area contributed by atoms with Crippen LogP contribution in [0.4, 0.5) is 0 Å². The minimum Gasteiger partial charge on any atom is -0.497 e. The Morgan fingerprint density at radius 3 is 2.58 bits per heavy atom. The molecule has 0 bridgehead atoms. The van der Waals surface area contributed by atoms with E-state index in [0.29, 0.717) is 32.3 Å². The van der Waals surface area contributed by atoms with Crippen molar-refractivity contribution in [3.05, 3.63) is 23.8 Å². The van der Waals surface area contributed by atoms with Gasteiger partial charge in [0, 0.05) is 31.8 Å². The number of hydrogen-bond donors (Lipinski definition) is 0. The lowest BCUT2D eigenvalue weighted by atomic mass is 10.2. The van der Waals surface area contributed by atoms with Gasteiger partial charge in [0.2, 0.25) is 0 Å². The van der Waals surface area contributed by atoms with Gasteiger partial charge in [0.15, 0.2) is 0 Å². The predicted molar refractivity (Wildman–Crippen MR) is 75.4 cm³/mol. The van der Waals surface area contributed by atoms with Crippen LogP contribution < -0.4 is 9.47 Å². The van der Waals surface area contributed by atoms with Gasteiger partial charge in [0.25, 0.3) is 0 Å². The molecule has 0 saturated carbocycles. The van der Waals surface area contributed by atoms with Gasteiger partial charge in [-0.2, -0.15) is 0 Å². The van der Waals surface area contributed by atoms with Crippen molar-refractivity contribution in [1.29, 1.82) is 0 Å². The highest BCUT2D eigenvalue weighted by Crippen LogP contribution is 2.26. The summed E-state index contributed by atoms with van der Waals surface area (Å²) in [5.41, 5.74) is 0.961. The van der Waals surface area contributed by atoms with Crippen LogP contribution in [0.2, 0.25) is 0 Å². The second-order valence-corrected chi connectivity index (χ2v) is 4.18. The lowest BCUT2D eigenvalue weighted by Gasteiger charge is -2.11. The second kappa shape index (κ2) is 9.89. The van der Waals surface area contributed by atoms with Crippen LogP contribution in [-0.2, 0) is 15.4 Å². The molecule has 0 N–H and O–H groups in total. The maximum Gasteiger partial charge on any atom is 0.127 e. The van der Waals surface area contributed by atoms with E-state index in [0.717, 1.165) is 23.5 Å². The van der Waals surface area contributed by atoms with Gasteiger partial charge >= 0.3 is 0 Å². The van der Waals surface area contributed by atoms with Crippen molar-refractivity contribution in [3.63, 3.8) is 0 Å². The van der Waals surface area contributed by atoms with Crippen LogP contribution in [0.1, 0.15) is 12.0 Å². The van der Waals surface area contributed by atoms with Gasteiger partial charge < -0.3 is 18.9 Å². The maximum absolute atomic E-state index is 5.87. The van der Waals surface area contributed by atoms with E-state index in [2.05, 4.69) is 0 Å². The fourth-order valence-electron chi connectivity index (χ4n) is 1.49. The Labute approximate surface area is 119 Å². The number of alkyl halides is 1. The lowest BCUT2D eigenvalue weighted by molar-refractivity contribution is 0.0644. The third-order valence-electron chi connectivity index (χ3n) is 2.54. The molecule has 0 atom stereocenters. The second-order valence-electron chi connectivity index (χ2n) is 3.91. The van der Waals surface area contributed by atoms with Crippen molar-refractivity contribution in [3.8, 4) is 11.5 Å². The summed E-state index contributed by atoms with van der Waals surface area (Å²) < 4.78 is 21.1. The van der Waals surface area contributed by atoms with E-state index >= 15 is 0 Å². The summed E-state index contributed by atoms with van der Waals surface area (Å²) in [6.45, 7) is 2.48. The molecule has 0 radical (unpaired) electrons. The topological polar surface area (TPSA) is 36.9 Å². The largest absolute Gasteiger partial charge is 0.497 e. The van der Waals surface area contributed by atoms with Crippen LogP contribution in [0.15, 0.2) is 18.2 Å². The van der Waals surface area contributed by atoms with Crippen molar-refractivity contribution in [2.24, 2.45) is 0 Å². The maximum atomic E-state index is 5.87. The summed E-state index contributed by atoms with van der Waals surface area (Å²) in [7, 11) is 3.28. The fraction of sp³-hybridized carbons (Fsp3) is 0.571. The molecular formula is C14H21ClO4. The molecule has 0 aliphatic rings. The summed E-state index contributed by atoms with van der Waals surface area (Å²) in [4.78, 5) is 0. The molecule has 0 unspecified atom stereocenters. The molecule has 5 heteroatoms. The van der Waals surface area contributed by atoms with E-state index in [1.54, 1.807) is 14.2 Å². The standard InChI is InChI=1S/C14H21ClO4/c1-16-8-9-18-6-3-7-19-14-10-13(17-2)5-4-12(14)11-15/h4-5,10H,3,6-9,11H2,1-2H3. The van der Waals surface area contributed by atoms with Crippen LogP contribution in [0, 0.1) is 0 Å². The first-order valence-electron chi connectivity index (χ1n) is 6.24. The first-order chi connectivity index (χ1) is 9.31. The quantitative estimate of drug-likeness (QED) is 0.490. The Morgan fingerprint density at radius 2 is 1.89 bits per heavy atom. The molecule has 0 heterocycles. The highest BCUT2D eigenvalue weighted by atomic mass is 35.5. The van der Waals surface area contributed by atoms with Crippen molar-refractivity contribution in [2.75, 3.05) is 40.6 Å². The molecule has 0 spiro atoms. The zero-order chi connectivity index (χ0) is 13.9. The van der Waals surface area contributed by atoms with Gasteiger partial charge in [-0.3, -0.25) is 0 Å². The van der Waals surface area contributed by atoms with E-state index in [9.17, 15) is 0 Å². The van der Waals surface area contributed by atoms with Gasteiger partial charge in [-0.1, -0.05) is 6.07 Å². The molecule has 0 fully saturated rings. The number of hydrogen-bond acceptors (Lipinski definition) is 4. The van der Waals surface area contributed by atoms with Crippen molar-refractivity contribution < 1.29 is 18.9 Å². The van der Waals surface area contributed by atoms with E-state index in [1.807, 2.05) is 18.2 Å². The van der Waals surface area contributed by atoms with Crippen molar-refractivity contribution in [1.82, 2.24) is 0 Å². The SMILES string of the molecule is COCCOCCCOc1cc(OC)ccc1CCl. The van der Waals surface area contributed by atoms with Crippen molar-refractivity contribution >= 4 is 11.6 Å². The third kappa shape index (κ3) is 6.14. The zero-order valence-electron chi connectivity index (χ0n) is 11.5. The van der Waals surface area contributed by atoms with Gasteiger partial charge in [-0.25, -0.2) is 0 Å². The summed E-state index contributed by atoms with van der Waals surface area (Å²) >= 11 is 5.87. The Hall–Kier alpha value is -0.970. The third-order valence-corrected chi connectivity index (χ3v) is 2.83. The van der Waals surface area contributed by atoms with Crippen molar-refractivity contribution in [2.45, 2.75) is 12.3 Å². The number of ether oxygens (including phenoxy) is 4. The Morgan fingerprint density at radius 1 is 1.05 bits per heavy atom. The average molecular weight is 289 g/mol. The molecule has 0 aliphatic heterocycles. The van der Waals surface area contributed by atoms with Crippen LogP contribution in [0.3, 0.4) is 0 Å². The number of benzene rings is 1. The first-order valence-corrected chi connectivity index (χ1v) is 6.77. The van der Waals surface area contributed by atoms with E-state index in [4.69, 9.17) is 30.5 Å². The van der Waals surface area contributed by atoms with E-state index in [-0.39, 0.29) is 0 Å². The predicted octanol–water partition coefficient (Wildman–Crippen LogP) is 2.87. The van der Waals surface area contributed by atoms with E-state index in [1.165, 1.54) is 0 Å². The lowest BCUT2D eigenvalue weighted by Crippen LogP contribution is -2.07. The summed E-state index contributed by atoms with van der Waals surface area (Å²) in [6, 6.07) is 5.64. The normalized spacial score (nSPS) is 10.5. The van der Waals surface area contributed by atoms with Crippen LogP contribution in [-0.4, -0.2) is 40.6 Å². The number of methoxy groups -OCH3 is 2. The highest BCUT2D eigenvalue weighted by molar-refractivity contribution is 6.17. The van der Waals surface area contributed by atoms with Gasteiger partial charge in [0.1, 0.15) is 11.5 Å². The molecule has 4 nitrogen and oxygen atoms in total. The molecule has 108 valence electrons. The van der Waals surface area contributed by atoms with Crippen LogP contribution in [0.25, 0.3) is 0 Å². The average Bonchev–Trinajstić information content (AvgIpc) is 2.46. The van der Waals surface area contributed by atoms with Crippen LogP contribution in [0.5, 0.6) is 11.5 Å². The Kier molecular flexibility index (Phi) is 8.38. The minimum absolute atomic E-state index is 0.420. The molecular weight excluding hydrogens is 268 g/mol. The summed E-state index contributed by atoms with van der Waals surface area (Å²) in [6.07, 6.45) is 0.822. The fourth-order valence-corrected chi connectivity index (χ4v) is 1.71. The van der Waals surface area contributed by atoms with Gasteiger partial charge in [0.05, 0.1) is 32.8 Å². The van der Waals surface area contributed by atoms with E-state index < -0.39 is 0 Å². The van der Waals surface area contributed by atoms with Crippen LogP contribution >= 0.6 is 11.6 Å².